The number of aliphatic imine (C=N–C) groups is 1. The van der Waals surface area contributed by atoms with Gasteiger partial charge < -0.3 is 4.74 Å². The lowest BCUT2D eigenvalue weighted by Crippen LogP contribution is -2.27. The molecule has 0 saturated carbocycles. The zero-order valence-corrected chi connectivity index (χ0v) is 23.0. The molecule has 1 atom stereocenters. The molecular weight excluding hydrogens is 470 g/mol. The van der Waals surface area contributed by atoms with E-state index in [1.165, 1.54) is 15.8 Å². The van der Waals surface area contributed by atoms with Crippen molar-refractivity contribution in [2.24, 2.45) is 10.9 Å². The summed E-state index contributed by atoms with van der Waals surface area (Å²) < 4.78 is 6.75. The Morgan fingerprint density at radius 2 is 1.89 bits per heavy atom. The second-order valence-electron chi connectivity index (χ2n) is 9.89. The molecular formula is C30H38ClN3O2. The van der Waals surface area contributed by atoms with Crippen LogP contribution in [0.15, 0.2) is 83.6 Å². The van der Waals surface area contributed by atoms with E-state index in [1.807, 2.05) is 52.8 Å². The van der Waals surface area contributed by atoms with E-state index in [1.54, 1.807) is 6.20 Å². The molecule has 0 fully saturated rings. The second-order valence-corrected chi connectivity index (χ2v) is 10.3. The van der Waals surface area contributed by atoms with Gasteiger partial charge in [-0.3, -0.25) is 0 Å². The molecule has 0 radical (unpaired) electrons. The van der Waals surface area contributed by atoms with E-state index in [2.05, 4.69) is 66.1 Å². The van der Waals surface area contributed by atoms with Gasteiger partial charge in [-0.2, -0.15) is 9.78 Å². The fourth-order valence-electron chi connectivity index (χ4n) is 3.69. The van der Waals surface area contributed by atoms with E-state index in [0.29, 0.717) is 11.1 Å². The molecule has 0 amide bonds. The molecule has 1 aromatic heterocycles. The standard InChI is InChI=1S/C23H28N2O2.C7H10ClN/c1-17(14-18-8-6-5-7-9-18)10-11-19-12-13-21-20(15-19)16-24-25(21)22(26)27-23(2,3)4;1-4-5-6(2)9-7(3)8/h5-9,12-13,15-17H,10-11,14H2,1-4H3;4-5H,3H2,1-2H3/b;5-4-,9-6-. The van der Waals surface area contributed by atoms with Gasteiger partial charge >= 0.3 is 6.09 Å². The number of allylic oxidation sites excluding steroid dienone is 2. The Bertz CT molecular complexity index is 1200. The van der Waals surface area contributed by atoms with Crippen LogP contribution in [0.1, 0.15) is 59.1 Å². The topological polar surface area (TPSA) is 56.5 Å². The van der Waals surface area contributed by atoms with Gasteiger partial charge in [0.2, 0.25) is 0 Å². The Balaban J connectivity index is 0.000000434. The summed E-state index contributed by atoms with van der Waals surface area (Å²) in [5.41, 5.74) is 3.78. The van der Waals surface area contributed by atoms with Crippen molar-refractivity contribution in [3.8, 4) is 0 Å². The number of carbonyl (C=O) groups is 1. The van der Waals surface area contributed by atoms with Crippen LogP contribution in [-0.4, -0.2) is 27.2 Å². The van der Waals surface area contributed by atoms with Crippen molar-refractivity contribution in [2.75, 3.05) is 0 Å². The molecule has 1 heterocycles. The highest BCUT2D eigenvalue weighted by Crippen LogP contribution is 2.21. The van der Waals surface area contributed by atoms with E-state index >= 15 is 0 Å². The Hall–Kier alpha value is -3.18. The van der Waals surface area contributed by atoms with Gasteiger partial charge in [-0.1, -0.05) is 67.6 Å². The SMILES string of the molecule is C=C(Cl)/N=C(C)\C=C/C.CC(CCc1ccc2c(cnn2C(=O)OC(C)(C)C)c1)Cc1ccccc1. The summed E-state index contributed by atoms with van der Waals surface area (Å²) in [4.78, 5) is 16.2. The van der Waals surface area contributed by atoms with Crippen LogP contribution in [0.4, 0.5) is 4.79 Å². The lowest BCUT2D eigenvalue weighted by Gasteiger charge is -2.19. The normalized spacial score (nSPS) is 12.8. The summed E-state index contributed by atoms with van der Waals surface area (Å²) in [6.07, 6.45) is 8.30. The number of nitrogens with zero attached hydrogens (tertiary/aromatic N) is 3. The lowest BCUT2D eigenvalue weighted by molar-refractivity contribution is 0.0522. The molecule has 192 valence electrons. The highest BCUT2D eigenvalue weighted by atomic mass is 35.5. The second kappa shape index (κ2) is 13.8. The van der Waals surface area contributed by atoms with Crippen molar-refractivity contribution in [1.82, 2.24) is 9.78 Å². The molecule has 0 N–H and O–H groups in total. The Morgan fingerprint density at radius 1 is 1.19 bits per heavy atom. The predicted octanol–water partition coefficient (Wildman–Crippen LogP) is 8.36. The average Bonchev–Trinajstić information content (AvgIpc) is 3.21. The highest BCUT2D eigenvalue weighted by Gasteiger charge is 2.20. The first-order chi connectivity index (χ1) is 17.0. The van der Waals surface area contributed by atoms with Crippen LogP contribution in [-0.2, 0) is 17.6 Å². The predicted molar refractivity (Wildman–Crippen MR) is 152 cm³/mol. The van der Waals surface area contributed by atoms with E-state index in [0.717, 1.165) is 35.9 Å². The maximum atomic E-state index is 12.3. The fraction of sp³-hybridized carbons (Fsp3) is 0.367. The molecule has 3 aromatic rings. The van der Waals surface area contributed by atoms with E-state index in [9.17, 15) is 4.79 Å². The Morgan fingerprint density at radius 3 is 2.50 bits per heavy atom. The lowest BCUT2D eigenvalue weighted by atomic mass is 9.94. The molecule has 5 nitrogen and oxygen atoms in total. The third kappa shape index (κ3) is 10.2. The minimum Gasteiger partial charge on any atom is -0.442 e. The van der Waals surface area contributed by atoms with E-state index in [4.69, 9.17) is 16.3 Å². The maximum Gasteiger partial charge on any atom is 0.435 e. The zero-order chi connectivity index (χ0) is 26.7. The number of rotatable bonds is 7. The zero-order valence-electron chi connectivity index (χ0n) is 22.3. The molecule has 0 aliphatic heterocycles. The number of hydrogen-bond donors (Lipinski definition) is 0. The molecule has 36 heavy (non-hydrogen) atoms. The van der Waals surface area contributed by atoms with Crippen LogP contribution >= 0.6 is 11.6 Å². The first-order valence-electron chi connectivity index (χ1n) is 12.2. The molecule has 6 heteroatoms. The van der Waals surface area contributed by atoms with Crippen molar-refractivity contribution < 1.29 is 9.53 Å². The first kappa shape index (κ1) is 29.1. The van der Waals surface area contributed by atoms with Crippen molar-refractivity contribution in [3.05, 3.63) is 89.7 Å². The van der Waals surface area contributed by atoms with Crippen molar-refractivity contribution in [1.29, 1.82) is 0 Å². The number of aryl methyl sites for hydroxylation is 1. The molecule has 3 rings (SSSR count). The molecule has 0 aliphatic rings. The molecule has 1 unspecified atom stereocenters. The monoisotopic (exact) mass is 507 g/mol. The van der Waals surface area contributed by atoms with Gasteiger partial charge in [0, 0.05) is 11.1 Å². The van der Waals surface area contributed by atoms with Gasteiger partial charge in [0.25, 0.3) is 0 Å². The van der Waals surface area contributed by atoms with Gasteiger partial charge in [0.1, 0.15) is 10.8 Å². The van der Waals surface area contributed by atoms with E-state index < -0.39 is 11.7 Å². The van der Waals surface area contributed by atoms with Gasteiger partial charge in [0.05, 0.1) is 11.7 Å². The summed E-state index contributed by atoms with van der Waals surface area (Å²) in [6.45, 7) is 15.1. The number of carbonyl (C=O) groups excluding carboxylic acids is 1. The van der Waals surface area contributed by atoms with Crippen LogP contribution in [0.25, 0.3) is 10.9 Å². The van der Waals surface area contributed by atoms with Crippen LogP contribution in [0, 0.1) is 5.92 Å². The number of aromatic nitrogens is 2. The summed E-state index contributed by atoms with van der Waals surface area (Å²) in [7, 11) is 0. The average molecular weight is 508 g/mol. The van der Waals surface area contributed by atoms with Gasteiger partial charge in [-0.15, -0.1) is 0 Å². The van der Waals surface area contributed by atoms with Crippen molar-refractivity contribution in [3.63, 3.8) is 0 Å². The molecule has 2 aromatic carbocycles. The summed E-state index contributed by atoms with van der Waals surface area (Å²) >= 11 is 5.39. The van der Waals surface area contributed by atoms with Crippen LogP contribution < -0.4 is 0 Å². The van der Waals surface area contributed by atoms with Crippen LogP contribution in [0.2, 0.25) is 0 Å². The molecule has 0 aliphatic carbocycles. The number of hydrogen-bond acceptors (Lipinski definition) is 4. The quantitative estimate of drug-likeness (QED) is 0.238. The summed E-state index contributed by atoms with van der Waals surface area (Å²) in [5, 5.41) is 5.51. The molecule has 0 saturated heterocycles. The van der Waals surface area contributed by atoms with Gasteiger partial charge in [-0.25, -0.2) is 9.79 Å². The van der Waals surface area contributed by atoms with Crippen molar-refractivity contribution in [2.45, 2.75) is 66.4 Å². The number of benzene rings is 2. The fourth-order valence-corrected chi connectivity index (χ4v) is 3.82. The minimum absolute atomic E-state index is 0.325. The smallest absolute Gasteiger partial charge is 0.435 e. The number of halogens is 1. The third-order valence-electron chi connectivity index (χ3n) is 5.26. The maximum absolute atomic E-state index is 12.3. The minimum atomic E-state index is -0.538. The highest BCUT2D eigenvalue weighted by molar-refractivity contribution is 6.29. The number of ether oxygens (including phenoxy) is 1. The van der Waals surface area contributed by atoms with Crippen molar-refractivity contribution >= 4 is 34.3 Å². The largest absolute Gasteiger partial charge is 0.442 e. The third-order valence-corrected chi connectivity index (χ3v) is 5.34. The summed E-state index contributed by atoms with van der Waals surface area (Å²) in [6, 6.07) is 16.8. The summed E-state index contributed by atoms with van der Waals surface area (Å²) in [5.74, 6) is 0.618. The first-order valence-corrected chi connectivity index (χ1v) is 12.6. The Kier molecular flexibility index (Phi) is 11.1. The van der Waals surface area contributed by atoms with Crippen LogP contribution in [0.3, 0.4) is 0 Å². The van der Waals surface area contributed by atoms with E-state index in [-0.39, 0.29) is 0 Å². The van der Waals surface area contributed by atoms with Gasteiger partial charge in [-0.05, 0) is 89.1 Å². The van der Waals surface area contributed by atoms with Crippen LogP contribution in [0.5, 0.6) is 0 Å². The Labute approximate surface area is 220 Å². The molecule has 0 spiro atoms. The molecule has 0 bridgehead atoms. The number of fused-ring (bicyclic) bond motifs is 1. The van der Waals surface area contributed by atoms with Gasteiger partial charge in [0.15, 0.2) is 0 Å².